The van der Waals surface area contributed by atoms with Gasteiger partial charge in [-0.15, -0.1) is 0 Å². The fourth-order valence-electron chi connectivity index (χ4n) is 2.22. The molecule has 0 saturated heterocycles. The third-order valence-corrected chi connectivity index (χ3v) is 5.84. The highest BCUT2D eigenvalue weighted by Crippen LogP contribution is 2.36. The summed E-state index contributed by atoms with van der Waals surface area (Å²) in [6.07, 6.45) is 2.79. The van der Waals surface area contributed by atoms with Gasteiger partial charge < -0.3 is 5.11 Å². The zero-order valence-electron chi connectivity index (χ0n) is 11.4. The first-order chi connectivity index (χ1) is 8.96. The molecule has 1 saturated carbocycles. The number of benzene rings is 1. The van der Waals surface area contributed by atoms with Crippen LogP contribution in [0.3, 0.4) is 0 Å². The Morgan fingerprint density at radius 1 is 1.32 bits per heavy atom. The van der Waals surface area contributed by atoms with Crippen LogP contribution in [0.25, 0.3) is 0 Å². The Kier molecular flexibility index (Phi) is 4.28. The molecule has 1 fully saturated rings. The van der Waals surface area contributed by atoms with Gasteiger partial charge in [-0.2, -0.15) is 4.31 Å². The molecule has 0 aromatic heterocycles. The maximum atomic E-state index is 12.5. The summed E-state index contributed by atoms with van der Waals surface area (Å²) >= 11 is 0. The average Bonchev–Trinajstić information content (AvgIpc) is 3.22. The number of aliphatic hydroxyl groups excluding tert-OH is 1. The van der Waals surface area contributed by atoms with Gasteiger partial charge in [-0.05, 0) is 49.8 Å². The molecule has 2 rings (SSSR count). The Labute approximate surface area is 115 Å². The van der Waals surface area contributed by atoms with Gasteiger partial charge in [0, 0.05) is 19.7 Å². The predicted molar refractivity (Wildman–Crippen MR) is 74.4 cm³/mol. The molecule has 0 radical (unpaired) electrons. The fraction of sp³-hybridized carbons (Fsp3) is 0.571. The Bertz CT molecular complexity index is 520. The minimum Gasteiger partial charge on any atom is -0.396 e. The molecule has 0 amide bonds. The van der Waals surface area contributed by atoms with Crippen molar-refractivity contribution in [2.24, 2.45) is 5.92 Å². The second-order valence-electron chi connectivity index (χ2n) is 5.22. The fourth-order valence-corrected chi connectivity index (χ4v) is 3.64. The number of hydrogen-bond donors (Lipinski definition) is 1. The van der Waals surface area contributed by atoms with Gasteiger partial charge in [0.25, 0.3) is 0 Å². The van der Waals surface area contributed by atoms with Crippen molar-refractivity contribution in [3.05, 3.63) is 29.8 Å². The first kappa shape index (κ1) is 14.5. The molecule has 1 aliphatic carbocycles. The molecule has 1 aromatic rings. The molecule has 5 heteroatoms. The van der Waals surface area contributed by atoms with E-state index in [-0.39, 0.29) is 12.6 Å². The van der Waals surface area contributed by atoms with E-state index in [1.807, 2.05) is 6.92 Å². The quantitative estimate of drug-likeness (QED) is 0.863. The maximum Gasteiger partial charge on any atom is 0.243 e. The van der Waals surface area contributed by atoms with Gasteiger partial charge in [0.1, 0.15) is 0 Å². The molecule has 0 aliphatic heterocycles. The lowest BCUT2D eigenvalue weighted by atomic mass is 10.2. The highest BCUT2D eigenvalue weighted by atomic mass is 32.2. The lowest BCUT2D eigenvalue weighted by molar-refractivity contribution is 0.299. The van der Waals surface area contributed by atoms with Crippen molar-refractivity contribution < 1.29 is 13.5 Å². The van der Waals surface area contributed by atoms with E-state index in [9.17, 15) is 8.42 Å². The highest BCUT2D eigenvalue weighted by Gasteiger charge is 2.35. The molecule has 0 heterocycles. The summed E-state index contributed by atoms with van der Waals surface area (Å²) < 4.78 is 26.4. The van der Waals surface area contributed by atoms with E-state index >= 15 is 0 Å². The van der Waals surface area contributed by atoms with Crippen molar-refractivity contribution in [1.82, 2.24) is 4.31 Å². The standard InChI is InChI=1S/C14H21NO3S/c1-11(13-5-6-13)15(2)19(17,18)14-7-3-12(4-8-14)9-10-16/h3-4,7-8,11,13,16H,5-6,9-10H2,1-2H3. The van der Waals surface area contributed by atoms with Crippen LogP contribution < -0.4 is 0 Å². The summed E-state index contributed by atoms with van der Waals surface area (Å²) in [4.78, 5) is 0.323. The third kappa shape index (κ3) is 3.16. The molecule has 1 aliphatic rings. The van der Waals surface area contributed by atoms with Crippen LogP contribution in [0.2, 0.25) is 0 Å². The largest absolute Gasteiger partial charge is 0.396 e. The smallest absolute Gasteiger partial charge is 0.243 e. The van der Waals surface area contributed by atoms with E-state index in [2.05, 4.69) is 0 Å². The van der Waals surface area contributed by atoms with Crippen LogP contribution in [-0.4, -0.2) is 37.5 Å². The van der Waals surface area contributed by atoms with Crippen LogP contribution in [0.15, 0.2) is 29.2 Å². The summed E-state index contributed by atoms with van der Waals surface area (Å²) in [5.41, 5.74) is 0.944. The number of aliphatic hydroxyl groups is 1. The molecule has 0 spiro atoms. The number of rotatable bonds is 6. The summed E-state index contributed by atoms with van der Waals surface area (Å²) in [5.74, 6) is 0.508. The second-order valence-corrected chi connectivity index (χ2v) is 7.21. The van der Waals surface area contributed by atoms with Crippen LogP contribution >= 0.6 is 0 Å². The van der Waals surface area contributed by atoms with E-state index in [1.54, 1.807) is 31.3 Å². The van der Waals surface area contributed by atoms with Crippen molar-refractivity contribution in [3.63, 3.8) is 0 Å². The Balaban J connectivity index is 2.18. The molecule has 1 atom stereocenters. The Morgan fingerprint density at radius 2 is 1.89 bits per heavy atom. The lowest BCUT2D eigenvalue weighted by Gasteiger charge is -2.24. The minimum atomic E-state index is -3.40. The van der Waals surface area contributed by atoms with E-state index < -0.39 is 10.0 Å². The summed E-state index contributed by atoms with van der Waals surface area (Å²) in [5, 5.41) is 8.85. The van der Waals surface area contributed by atoms with Gasteiger partial charge in [0.2, 0.25) is 10.0 Å². The molecule has 1 N–H and O–H groups in total. The van der Waals surface area contributed by atoms with Gasteiger partial charge in [-0.25, -0.2) is 8.42 Å². The summed E-state index contributed by atoms with van der Waals surface area (Å²) in [7, 11) is -1.75. The monoisotopic (exact) mass is 283 g/mol. The molecule has 1 aromatic carbocycles. The van der Waals surface area contributed by atoms with Gasteiger partial charge in [0.05, 0.1) is 4.90 Å². The molecule has 0 bridgehead atoms. The average molecular weight is 283 g/mol. The van der Waals surface area contributed by atoms with E-state index in [0.717, 1.165) is 18.4 Å². The van der Waals surface area contributed by atoms with Gasteiger partial charge >= 0.3 is 0 Å². The van der Waals surface area contributed by atoms with Crippen molar-refractivity contribution in [3.8, 4) is 0 Å². The van der Waals surface area contributed by atoms with E-state index in [1.165, 1.54) is 4.31 Å². The van der Waals surface area contributed by atoms with Crippen LogP contribution in [0, 0.1) is 5.92 Å². The molecular weight excluding hydrogens is 262 g/mol. The highest BCUT2D eigenvalue weighted by molar-refractivity contribution is 7.89. The third-order valence-electron chi connectivity index (χ3n) is 3.88. The van der Waals surface area contributed by atoms with Gasteiger partial charge in [-0.1, -0.05) is 12.1 Å². The van der Waals surface area contributed by atoms with E-state index in [0.29, 0.717) is 17.2 Å². The van der Waals surface area contributed by atoms with Crippen molar-refractivity contribution in [1.29, 1.82) is 0 Å². The second kappa shape index (κ2) is 5.61. The summed E-state index contributed by atoms with van der Waals surface area (Å²) in [6, 6.07) is 6.83. The first-order valence-corrected chi connectivity index (χ1v) is 8.08. The zero-order valence-corrected chi connectivity index (χ0v) is 12.2. The Hall–Kier alpha value is -0.910. The lowest BCUT2D eigenvalue weighted by Crippen LogP contribution is -2.36. The Morgan fingerprint density at radius 3 is 2.37 bits per heavy atom. The minimum absolute atomic E-state index is 0.0575. The van der Waals surface area contributed by atoms with Crippen molar-refractivity contribution in [2.45, 2.75) is 37.1 Å². The molecule has 106 valence electrons. The van der Waals surface area contributed by atoms with Crippen LogP contribution in [0.1, 0.15) is 25.3 Å². The maximum absolute atomic E-state index is 12.5. The van der Waals surface area contributed by atoms with Crippen molar-refractivity contribution >= 4 is 10.0 Å². The SMILES string of the molecule is CC(C1CC1)N(C)S(=O)(=O)c1ccc(CCO)cc1. The van der Waals surface area contributed by atoms with Crippen LogP contribution in [0.4, 0.5) is 0 Å². The van der Waals surface area contributed by atoms with Gasteiger partial charge in [0.15, 0.2) is 0 Å². The first-order valence-electron chi connectivity index (χ1n) is 6.64. The molecule has 1 unspecified atom stereocenters. The van der Waals surface area contributed by atoms with Crippen LogP contribution in [-0.2, 0) is 16.4 Å². The van der Waals surface area contributed by atoms with Crippen molar-refractivity contribution in [2.75, 3.05) is 13.7 Å². The number of sulfonamides is 1. The summed E-state index contributed by atoms with van der Waals surface area (Å²) in [6.45, 7) is 2.04. The predicted octanol–water partition coefficient (Wildman–Crippen LogP) is 1.64. The molecule has 4 nitrogen and oxygen atoms in total. The van der Waals surface area contributed by atoms with E-state index in [4.69, 9.17) is 5.11 Å². The molecule has 19 heavy (non-hydrogen) atoms. The topological polar surface area (TPSA) is 57.6 Å². The normalized spacial score (nSPS) is 17.7. The molecular formula is C14H21NO3S. The number of hydrogen-bond acceptors (Lipinski definition) is 3. The zero-order chi connectivity index (χ0) is 14.0. The van der Waals surface area contributed by atoms with Gasteiger partial charge in [-0.3, -0.25) is 0 Å². The number of nitrogens with zero attached hydrogens (tertiary/aromatic N) is 1. The van der Waals surface area contributed by atoms with Crippen LogP contribution in [0.5, 0.6) is 0 Å².